The highest BCUT2D eigenvalue weighted by Gasteiger charge is 2.15. The number of aryl methyl sites for hydroxylation is 1. The fraction of sp³-hybridized carbons (Fsp3) is 0.133. The van der Waals surface area contributed by atoms with E-state index in [1.54, 1.807) is 0 Å². The molecule has 2 aromatic heterocycles. The van der Waals surface area contributed by atoms with E-state index in [0.29, 0.717) is 11.6 Å². The number of rotatable bonds is 4. The number of thiophene rings is 1. The first-order valence-electron chi connectivity index (χ1n) is 6.17. The van der Waals surface area contributed by atoms with Gasteiger partial charge in [0.15, 0.2) is 0 Å². The minimum atomic E-state index is -1.06. The molecule has 102 valence electrons. The van der Waals surface area contributed by atoms with Crippen LogP contribution in [0.1, 0.15) is 11.5 Å². The van der Waals surface area contributed by atoms with Crippen LogP contribution in [0.15, 0.2) is 56.5 Å². The molecule has 0 bridgehead atoms. The third-order valence-electron chi connectivity index (χ3n) is 2.90. The topological polar surface area (TPSA) is 43.1 Å². The minimum Gasteiger partial charge on any atom is -0.441 e. The second-order valence-electron chi connectivity index (χ2n) is 4.31. The molecule has 1 aromatic carbocycles. The maximum absolute atomic E-state index is 12.2. The molecule has 3 rings (SSSR count). The molecule has 3 aromatic rings. The summed E-state index contributed by atoms with van der Waals surface area (Å²) in [4.78, 5) is 4.47. The molecule has 0 fully saturated rings. The molecule has 20 heavy (non-hydrogen) atoms. The third-order valence-corrected chi connectivity index (χ3v) is 5.53. The van der Waals surface area contributed by atoms with Crippen LogP contribution in [-0.4, -0.2) is 9.19 Å². The van der Waals surface area contributed by atoms with Gasteiger partial charge in [-0.05, 0) is 30.5 Å². The van der Waals surface area contributed by atoms with Crippen LogP contribution < -0.4 is 0 Å². The van der Waals surface area contributed by atoms with Crippen molar-refractivity contribution in [2.24, 2.45) is 0 Å². The van der Waals surface area contributed by atoms with Crippen LogP contribution in [0.3, 0.4) is 0 Å². The van der Waals surface area contributed by atoms with Crippen molar-refractivity contribution in [1.29, 1.82) is 0 Å². The number of aromatic nitrogens is 1. The molecular weight excluding hydrogens is 290 g/mol. The highest BCUT2D eigenvalue weighted by molar-refractivity contribution is 7.86. The summed E-state index contributed by atoms with van der Waals surface area (Å²) >= 11 is 1.50. The first-order chi connectivity index (χ1) is 9.74. The molecule has 3 nitrogen and oxygen atoms in total. The lowest BCUT2D eigenvalue weighted by molar-refractivity contribution is 0.540. The molecule has 0 amide bonds. The van der Waals surface area contributed by atoms with Gasteiger partial charge in [-0.25, -0.2) is 4.98 Å². The predicted octanol–water partition coefficient (Wildman–Crippen LogP) is 4.02. The third kappa shape index (κ3) is 2.73. The van der Waals surface area contributed by atoms with Crippen molar-refractivity contribution in [3.05, 3.63) is 59.3 Å². The van der Waals surface area contributed by atoms with E-state index in [2.05, 4.69) is 4.98 Å². The fourth-order valence-electron chi connectivity index (χ4n) is 1.85. The van der Waals surface area contributed by atoms with Gasteiger partial charge in [-0.3, -0.25) is 4.21 Å². The van der Waals surface area contributed by atoms with Crippen molar-refractivity contribution >= 4 is 22.1 Å². The molecule has 1 unspecified atom stereocenters. The Morgan fingerprint density at radius 1 is 1.20 bits per heavy atom. The maximum Gasteiger partial charge on any atom is 0.226 e. The lowest BCUT2D eigenvalue weighted by Gasteiger charge is -1.96. The van der Waals surface area contributed by atoms with Gasteiger partial charge in [0.25, 0.3) is 0 Å². The Hall–Kier alpha value is -1.72. The van der Waals surface area contributed by atoms with Crippen molar-refractivity contribution < 1.29 is 8.63 Å². The first kappa shape index (κ1) is 13.3. The summed E-state index contributed by atoms with van der Waals surface area (Å²) in [6, 6.07) is 13.5. The zero-order valence-electron chi connectivity index (χ0n) is 10.9. The van der Waals surface area contributed by atoms with Gasteiger partial charge >= 0.3 is 0 Å². The Labute approximate surface area is 123 Å². The summed E-state index contributed by atoms with van der Waals surface area (Å²) < 4.78 is 18.8. The summed E-state index contributed by atoms with van der Waals surface area (Å²) in [5.41, 5.74) is 1.69. The first-order valence-corrected chi connectivity index (χ1v) is 8.37. The number of nitrogens with zero attached hydrogens (tertiary/aromatic N) is 1. The van der Waals surface area contributed by atoms with Crippen LogP contribution in [0.25, 0.3) is 11.5 Å². The van der Waals surface area contributed by atoms with Crippen molar-refractivity contribution in [3.8, 4) is 11.5 Å². The fourth-order valence-corrected chi connectivity index (χ4v) is 3.96. The Morgan fingerprint density at radius 3 is 2.70 bits per heavy atom. The standard InChI is InChI=1S/C15H13NO2S2/c1-11-13(10-20(17)14-8-5-9-19-14)16-15(18-11)12-6-3-2-4-7-12/h2-9H,10H2,1H3. The minimum absolute atomic E-state index is 0.392. The van der Waals surface area contributed by atoms with Gasteiger partial charge in [0.1, 0.15) is 5.76 Å². The van der Waals surface area contributed by atoms with Crippen LogP contribution in [0.5, 0.6) is 0 Å². The van der Waals surface area contributed by atoms with Crippen LogP contribution in [-0.2, 0) is 16.6 Å². The summed E-state index contributed by atoms with van der Waals surface area (Å²) in [6.07, 6.45) is 0. The molecule has 0 aliphatic carbocycles. The number of benzene rings is 1. The largest absolute Gasteiger partial charge is 0.441 e. The Kier molecular flexibility index (Phi) is 3.80. The van der Waals surface area contributed by atoms with Gasteiger partial charge in [0.05, 0.1) is 26.5 Å². The zero-order valence-corrected chi connectivity index (χ0v) is 12.5. The average Bonchev–Trinajstić information content (AvgIpc) is 3.10. The van der Waals surface area contributed by atoms with E-state index in [1.807, 2.05) is 54.8 Å². The monoisotopic (exact) mass is 303 g/mol. The van der Waals surface area contributed by atoms with E-state index in [4.69, 9.17) is 4.42 Å². The number of hydrogen-bond donors (Lipinski definition) is 0. The molecule has 1 atom stereocenters. The van der Waals surface area contributed by atoms with Crippen LogP contribution >= 0.6 is 11.3 Å². The van der Waals surface area contributed by atoms with Gasteiger partial charge < -0.3 is 4.42 Å². The summed E-state index contributed by atoms with van der Waals surface area (Å²) in [5.74, 6) is 1.71. The summed E-state index contributed by atoms with van der Waals surface area (Å²) in [7, 11) is -1.06. The van der Waals surface area contributed by atoms with E-state index in [0.717, 1.165) is 21.2 Å². The molecule has 5 heteroatoms. The van der Waals surface area contributed by atoms with E-state index >= 15 is 0 Å². The lowest BCUT2D eigenvalue weighted by Crippen LogP contribution is -1.96. The van der Waals surface area contributed by atoms with Crippen molar-refractivity contribution in [2.45, 2.75) is 16.9 Å². The van der Waals surface area contributed by atoms with Gasteiger partial charge in [0, 0.05) is 5.56 Å². The molecular formula is C15H13NO2S2. The molecule has 0 saturated carbocycles. The smallest absolute Gasteiger partial charge is 0.226 e. The molecule has 0 N–H and O–H groups in total. The molecule has 2 heterocycles. The van der Waals surface area contributed by atoms with E-state index < -0.39 is 10.8 Å². The molecule has 0 aliphatic heterocycles. The van der Waals surface area contributed by atoms with Crippen molar-refractivity contribution in [1.82, 2.24) is 4.98 Å². The normalized spacial score (nSPS) is 12.4. The zero-order chi connectivity index (χ0) is 13.9. The van der Waals surface area contributed by atoms with Gasteiger partial charge in [0.2, 0.25) is 5.89 Å². The van der Waals surface area contributed by atoms with Crippen molar-refractivity contribution in [3.63, 3.8) is 0 Å². The van der Waals surface area contributed by atoms with Crippen LogP contribution in [0, 0.1) is 6.92 Å². The van der Waals surface area contributed by atoms with E-state index in [-0.39, 0.29) is 0 Å². The maximum atomic E-state index is 12.2. The lowest BCUT2D eigenvalue weighted by atomic mass is 10.2. The molecule has 0 radical (unpaired) electrons. The molecule has 0 spiro atoms. The van der Waals surface area contributed by atoms with E-state index in [1.165, 1.54) is 11.3 Å². The molecule has 0 aliphatic rings. The van der Waals surface area contributed by atoms with Crippen molar-refractivity contribution in [2.75, 3.05) is 0 Å². The molecule has 0 saturated heterocycles. The second kappa shape index (κ2) is 5.73. The Bertz CT molecular complexity index is 718. The van der Waals surface area contributed by atoms with Crippen LogP contribution in [0.2, 0.25) is 0 Å². The quantitative estimate of drug-likeness (QED) is 0.731. The Balaban J connectivity index is 1.85. The van der Waals surface area contributed by atoms with Gasteiger partial charge in [-0.15, -0.1) is 11.3 Å². The highest BCUT2D eigenvalue weighted by Crippen LogP contribution is 2.24. The van der Waals surface area contributed by atoms with Crippen LogP contribution in [0.4, 0.5) is 0 Å². The Morgan fingerprint density at radius 2 is 2.00 bits per heavy atom. The number of hydrogen-bond acceptors (Lipinski definition) is 4. The highest BCUT2D eigenvalue weighted by atomic mass is 32.2. The SMILES string of the molecule is Cc1oc(-c2ccccc2)nc1CS(=O)c1cccs1. The summed E-state index contributed by atoms with van der Waals surface area (Å²) in [5, 5.41) is 1.93. The second-order valence-corrected chi connectivity index (χ2v) is 6.94. The number of oxazole rings is 1. The van der Waals surface area contributed by atoms with Gasteiger partial charge in [-0.1, -0.05) is 24.3 Å². The average molecular weight is 303 g/mol. The van der Waals surface area contributed by atoms with E-state index in [9.17, 15) is 4.21 Å². The van der Waals surface area contributed by atoms with Gasteiger partial charge in [-0.2, -0.15) is 0 Å². The summed E-state index contributed by atoms with van der Waals surface area (Å²) in [6.45, 7) is 1.86. The predicted molar refractivity (Wildman–Crippen MR) is 81.1 cm³/mol.